The molecule has 2 nitrogen and oxygen atoms in total. The van der Waals surface area contributed by atoms with E-state index in [1.54, 1.807) is 0 Å². The van der Waals surface area contributed by atoms with E-state index in [0.717, 1.165) is 31.0 Å². The van der Waals surface area contributed by atoms with E-state index in [9.17, 15) is 0 Å². The van der Waals surface area contributed by atoms with E-state index >= 15 is 0 Å². The van der Waals surface area contributed by atoms with Crippen molar-refractivity contribution >= 4 is 15.9 Å². The Morgan fingerprint density at radius 1 is 1.24 bits per heavy atom. The van der Waals surface area contributed by atoms with Crippen molar-refractivity contribution in [2.45, 2.75) is 51.7 Å². The Hall–Kier alpha value is -0.380. The molecule has 0 spiro atoms. The molecule has 2 unspecified atom stereocenters. The lowest BCUT2D eigenvalue weighted by atomic mass is 9.97. The molecule has 1 aliphatic carbocycles. The number of hydrogen-bond donors (Lipinski definition) is 1. The molecule has 3 heteroatoms. The second-order valence-corrected chi connectivity index (χ2v) is 8.11. The van der Waals surface area contributed by atoms with Crippen molar-refractivity contribution in [2.75, 3.05) is 13.1 Å². The van der Waals surface area contributed by atoms with Crippen LogP contribution in [0, 0.1) is 11.8 Å². The van der Waals surface area contributed by atoms with Crippen molar-refractivity contribution in [3.63, 3.8) is 0 Å². The monoisotopic (exact) mass is 350 g/mol. The summed E-state index contributed by atoms with van der Waals surface area (Å²) in [5.74, 6) is 1.71. The minimum absolute atomic E-state index is 0.684. The number of rotatable bonds is 5. The van der Waals surface area contributed by atoms with E-state index in [1.807, 2.05) is 0 Å². The SMILES string of the molecule is CC(C)CC1CNC(C2CC2)CN1Cc1ccc(Br)cc1. The van der Waals surface area contributed by atoms with Crippen molar-refractivity contribution in [3.8, 4) is 0 Å². The molecule has 116 valence electrons. The fourth-order valence-corrected chi connectivity index (χ4v) is 3.76. The summed E-state index contributed by atoms with van der Waals surface area (Å²) in [7, 11) is 0. The van der Waals surface area contributed by atoms with E-state index in [-0.39, 0.29) is 0 Å². The summed E-state index contributed by atoms with van der Waals surface area (Å²) in [6.45, 7) is 8.15. The summed E-state index contributed by atoms with van der Waals surface area (Å²) in [5, 5.41) is 3.81. The molecule has 2 atom stereocenters. The third kappa shape index (κ3) is 4.30. The fourth-order valence-electron chi connectivity index (χ4n) is 3.49. The molecule has 0 bridgehead atoms. The molecule has 1 saturated carbocycles. The zero-order chi connectivity index (χ0) is 14.8. The molecule has 1 aromatic rings. The first-order valence-electron chi connectivity index (χ1n) is 8.33. The molecular weight excluding hydrogens is 324 g/mol. The molecule has 2 aliphatic rings. The highest BCUT2D eigenvalue weighted by Gasteiger charge is 2.37. The molecule has 1 aromatic carbocycles. The Labute approximate surface area is 137 Å². The van der Waals surface area contributed by atoms with Crippen molar-refractivity contribution < 1.29 is 0 Å². The lowest BCUT2D eigenvalue weighted by molar-refractivity contribution is 0.0999. The van der Waals surface area contributed by atoms with Crippen molar-refractivity contribution in [3.05, 3.63) is 34.3 Å². The van der Waals surface area contributed by atoms with Gasteiger partial charge in [-0.2, -0.15) is 0 Å². The Balaban J connectivity index is 1.67. The van der Waals surface area contributed by atoms with Gasteiger partial charge in [-0.15, -0.1) is 0 Å². The van der Waals surface area contributed by atoms with E-state index in [0.29, 0.717) is 6.04 Å². The first-order valence-corrected chi connectivity index (χ1v) is 9.13. The summed E-state index contributed by atoms with van der Waals surface area (Å²) in [6, 6.07) is 10.2. The largest absolute Gasteiger partial charge is 0.311 e. The average molecular weight is 351 g/mol. The van der Waals surface area contributed by atoms with Gasteiger partial charge in [0.2, 0.25) is 0 Å². The predicted octanol–water partition coefficient (Wildman–Crippen LogP) is 4.05. The maximum absolute atomic E-state index is 3.81. The van der Waals surface area contributed by atoms with Crippen LogP contribution in [0.25, 0.3) is 0 Å². The molecule has 0 amide bonds. The molecule has 0 radical (unpaired) electrons. The molecule has 21 heavy (non-hydrogen) atoms. The highest BCUT2D eigenvalue weighted by atomic mass is 79.9. The number of benzene rings is 1. The van der Waals surface area contributed by atoms with Crippen molar-refractivity contribution in [1.29, 1.82) is 0 Å². The number of nitrogens with one attached hydrogen (secondary N) is 1. The molecule has 2 fully saturated rings. The van der Waals surface area contributed by atoms with Gasteiger partial charge in [0.1, 0.15) is 0 Å². The van der Waals surface area contributed by atoms with Crippen molar-refractivity contribution in [1.82, 2.24) is 10.2 Å². The van der Waals surface area contributed by atoms with Crippen LogP contribution >= 0.6 is 15.9 Å². The van der Waals surface area contributed by atoms with Crippen LogP contribution in [-0.4, -0.2) is 30.1 Å². The van der Waals surface area contributed by atoms with Crippen LogP contribution in [0.15, 0.2) is 28.7 Å². The van der Waals surface area contributed by atoms with Gasteiger partial charge in [-0.05, 0) is 48.8 Å². The Bertz CT molecular complexity index is 453. The molecule has 1 saturated heterocycles. The number of hydrogen-bond acceptors (Lipinski definition) is 2. The van der Waals surface area contributed by atoms with Gasteiger partial charge in [0.25, 0.3) is 0 Å². The second kappa shape index (κ2) is 6.80. The smallest absolute Gasteiger partial charge is 0.0237 e. The minimum atomic E-state index is 0.684. The molecule has 3 rings (SSSR count). The van der Waals surface area contributed by atoms with Crippen LogP contribution in [-0.2, 0) is 6.54 Å². The van der Waals surface area contributed by atoms with E-state index in [1.165, 1.54) is 35.8 Å². The predicted molar refractivity (Wildman–Crippen MR) is 92.3 cm³/mol. The molecule has 0 aromatic heterocycles. The van der Waals surface area contributed by atoms with Crippen LogP contribution in [0.1, 0.15) is 38.7 Å². The van der Waals surface area contributed by atoms with Crippen LogP contribution in [0.3, 0.4) is 0 Å². The van der Waals surface area contributed by atoms with Crippen molar-refractivity contribution in [2.24, 2.45) is 11.8 Å². The Kier molecular flexibility index (Phi) is 5.03. The van der Waals surface area contributed by atoms with Crippen LogP contribution in [0.5, 0.6) is 0 Å². The highest BCUT2D eigenvalue weighted by molar-refractivity contribution is 9.10. The van der Waals surface area contributed by atoms with Crippen LogP contribution in [0.2, 0.25) is 0 Å². The first-order chi connectivity index (χ1) is 10.1. The third-order valence-corrected chi connectivity index (χ3v) is 5.33. The van der Waals surface area contributed by atoms with E-state index in [2.05, 4.69) is 64.3 Å². The lowest BCUT2D eigenvalue weighted by Crippen LogP contribution is -2.57. The average Bonchev–Trinajstić information content (AvgIpc) is 3.27. The zero-order valence-electron chi connectivity index (χ0n) is 13.2. The Morgan fingerprint density at radius 2 is 1.95 bits per heavy atom. The fraction of sp³-hybridized carbons (Fsp3) is 0.667. The van der Waals surface area contributed by atoms with Gasteiger partial charge in [0.15, 0.2) is 0 Å². The maximum Gasteiger partial charge on any atom is 0.0237 e. The van der Waals surface area contributed by atoms with Gasteiger partial charge >= 0.3 is 0 Å². The van der Waals surface area contributed by atoms with Gasteiger partial charge in [-0.1, -0.05) is 41.9 Å². The van der Waals surface area contributed by atoms with Gasteiger partial charge in [0.05, 0.1) is 0 Å². The third-order valence-electron chi connectivity index (χ3n) is 4.80. The molecule has 1 N–H and O–H groups in total. The summed E-state index contributed by atoms with van der Waals surface area (Å²) in [5.41, 5.74) is 1.43. The summed E-state index contributed by atoms with van der Waals surface area (Å²) in [4.78, 5) is 2.72. The van der Waals surface area contributed by atoms with Gasteiger partial charge < -0.3 is 5.32 Å². The van der Waals surface area contributed by atoms with E-state index < -0.39 is 0 Å². The second-order valence-electron chi connectivity index (χ2n) is 7.19. The summed E-state index contributed by atoms with van der Waals surface area (Å²) < 4.78 is 1.17. The van der Waals surface area contributed by atoms with Gasteiger partial charge in [-0.3, -0.25) is 4.90 Å². The van der Waals surface area contributed by atoms with Gasteiger partial charge in [-0.25, -0.2) is 0 Å². The van der Waals surface area contributed by atoms with Gasteiger partial charge in [0, 0.05) is 36.2 Å². The van der Waals surface area contributed by atoms with Crippen LogP contribution in [0.4, 0.5) is 0 Å². The first kappa shape index (κ1) is 15.5. The molecule has 1 heterocycles. The maximum atomic E-state index is 3.81. The summed E-state index contributed by atoms with van der Waals surface area (Å²) in [6.07, 6.45) is 4.15. The topological polar surface area (TPSA) is 15.3 Å². The molecule has 1 aliphatic heterocycles. The highest BCUT2D eigenvalue weighted by Crippen LogP contribution is 2.35. The van der Waals surface area contributed by atoms with Crippen LogP contribution < -0.4 is 5.32 Å². The standard InChI is InChI=1S/C18H27BrN2/c1-13(2)9-17-10-20-18(15-5-6-15)12-21(17)11-14-3-7-16(19)8-4-14/h3-4,7-8,13,15,17-18,20H,5-6,9-12H2,1-2H3. The lowest BCUT2D eigenvalue weighted by Gasteiger charge is -2.41. The Morgan fingerprint density at radius 3 is 2.57 bits per heavy atom. The zero-order valence-corrected chi connectivity index (χ0v) is 14.8. The minimum Gasteiger partial charge on any atom is -0.311 e. The molecular formula is C18H27BrN2. The number of nitrogens with zero attached hydrogens (tertiary/aromatic N) is 1. The number of piperazine rings is 1. The quantitative estimate of drug-likeness (QED) is 0.861. The summed E-state index contributed by atoms with van der Waals surface area (Å²) >= 11 is 3.53. The van der Waals surface area contributed by atoms with E-state index in [4.69, 9.17) is 0 Å². The normalized spacial score (nSPS) is 27.2. The number of halogens is 1.